The van der Waals surface area contributed by atoms with Gasteiger partial charge in [0.05, 0.1) is 24.0 Å². The van der Waals surface area contributed by atoms with Gasteiger partial charge >= 0.3 is 5.97 Å². The van der Waals surface area contributed by atoms with Crippen LogP contribution in [0.2, 0.25) is 0 Å². The SMILES string of the molecule is N#C[C@H]1C[C@H](O)C2C1[C@H]2C(=O)O. The predicted octanol–water partition coefficient (Wildman–Crippen LogP) is -0.162. The number of hydrogen-bond acceptors (Lipinski definition) is 3. The van der Waals surface area contributed by atoms with Gasteiger partial charge in [0.2, 0.25) is 0 Å². The standard InChI is InChI=1S/C8H9NO3/c9-2-3-1-4(10)6-5(3)7(6)8(11)12/h3-7,10H,1H2,(H,11,12)/t3-,4+,5?,6?,7-/m1/s1. The molecule has 0 spiro atoms. The molecular formula is C8H9NO3. The molecule has 4 nitrogen and oxygen atoms in total. The Morgan fingerprint density at radius 3 is 2.58 bits per heavy atom. The van der Waals surface area contributed by atoms with E-state index in [1.54, 1.807) is 0 Å². The van der Waals surface area contributed by atoms with E-state index < -0.39 is 18.0 Å². The number of carboxylic acid groups (broad SMARTS) is 1. The van der Waals surface area contributed by atoms with Crippen molar-refractivity contribution < 1.29 is 15.0 Å². The van der Waals surface area contributed by atoms with Crippen LogP contribution in [-0.2, 0) is 4.79 Å². The number of nitriles is 1. The second-order valence-electron chi connectivity index (χ2n) is 3.56. The maximum absolute atomic E-state index is 10.6. The molecule has 2 N–H and O–H groups in total. The maximum atomic E-state index is 10.6. The van der Waals surface area contributed by atoms with Gasteiger partial charge in [-0.15, -0.1) is 0 Å². The Morgan fingerprint density at radius 2 is 2.17 bits per heavy atom. The number of aliphatic hydroxyl groups excluding tert-OH is 1. The molecule has 2 aliphatic carbocycles. The molecule has 2 saturated carbocycles. The molecule has 12 heavy (non-hydrogen) atoms. The highest BCUT2D eigenvalue weighted by Gasteiger charge is 2.66. The molecule has 4 heteroatoms. The van der Waals surface area contributed by atoms with Crippen molar-refractivity contribution in [3.05, 3.63) is 0 Å². The van der Waals surface area contributed by atoms with Crippen LogP contribution < -0.4 is 0 Å². The first-order valence-corrected chi connectivity index (χ1v) is 3.97. The summed E-state index contributed by atoms with van der Waals surface area (Å²) in [6, 6.07) is 2.05. The lowest BCUT2D eigenvalue weighted by atomic mass is 10.0. The van der Waals surface area contributed by atoms with Crippen LogP contribution in [0, 0.1) is 35.0 Å². The third kappa shape index (κ3) is 0.772. The molecule has 0 bridgehead atoms. The Balaban J connectivity index is 2.14. The smallest absolute Gasteiger partial charge is 0.307 e. The molecule has 2 unspecified atom stereocenters. The molecule has 0 amide bonds. The van der Waals surface area contributed by atoms with E-state index in [9.17, 15) is 9.90 Å². The van der Waals surface area contributed by atoms with Crippen molar-refractivity contribution in [2.45, 2.75) is 12.5 Å². The van der Waals surface area contributed by atoms with Crippen LogP contribution in [-0.4, -0.2) is 22.3 Å². The monoisotopic (exact) mass is 167 g/mol. The van der Waals surface area contributed by atoms with Crippen molar-refractivity contribution in [3.63, 3.8) is 0 Å². The zero-order valence-corrected chi connectivity index (χ0v) is 6.34. The number of aliphatic hydroxyl groups is 1. The van der Waals surface area contributed by atoms with Crippen LogP contribution >= 0.6 is 0 Å². The molecular weight excluding hydrogens is 158 g/mol. The highest BCUT2D eigenvalue weighted by atomic mass is 16.4. The van der Waals surface area contributed by atoms with E-state index in [1.807, 2.05) is 6.07 Å². The summed E-state index contributed by atoms with van der Waals surface area (Å²) in [6.45, 7) is 0. The van der Waals surface area contributed by atoms with E-state index in [-0.39, 0.29) is 17.8 Å². The largest absolute Gasteiger partial charge is 0.481 e. The zero-order chi connectivity index (χ0) is 8.88. The van der Waals surface area contributed by atoms with Gasteiger partial charge in [-0.05, 0) is 12.3 Å². The highest BCUT2D eigenvalue weighted by molar-refractivity contribution is 5.75. The van der Waals surface area contributed by atoms with Crippen LogP contribution in [0.25, 0.3) is 0 Å². The van der Waals surface area contributed by atoms with E-state index in [4.69, 9.17) is 10.4 Å². The quantitative estimate of drug-likeness (QED) is 0.568. The average Bonchev–Trinajstić information content (AvgIpc) is 2.67. The van der Waals surface area contributed by atoms with Crippen LogP contribution in [0.4, 0.5) is 0 Å². The molecule has 2 fully saturated rings. The third-order valence-corrected chi connectivity index (χ3v) is 2.99. The lowest BCUT2D eigenvalue weighted by molar-refractivity contribution is -0.140. The van der Waals surface area contributed by atoms with E-state index >= 15 is 0 Å². The van der Waals surface area contributed by atoms with Crippen molar-refractivity contribution in [1.29, 1.82) is 5.26 Å². The van der Waals surface area contributed by atoms with Gasteiger partial charge in [-0.25, -0.2) is 0 Å². The Labute approximate surface area is 69.4 Å². The van der Waals surface area contributed by atoms with Gasteiger partial charge in [0.1, 0.15) is 0 Å². The fourth-order valence-corrected chi connectivity index (χ4v) is 2.42. The first-order chi connectivity index (χ1) is 5.66. The van der Waals surface area contributed by atoms with E-state index in [1.165, 1.54) is 0 Å². The number of rotatable bonds is 1. The van der Waals surface area contributed by atoms with Gasteiger partial charge in [0.25, 0.3) is 0 Å². The molecule has 2 rings (SSSR count). The number of fused-ring (bicyclic) bond motifs is 1. The van der Waals surface area contributed by atoms with Crippen LogP contribution in [0.1, 0.15) is 6.42 Å². The third-order valence-electron chi connectivity index (χ3n) is 2.99. The van der Waals surface area contributed by atoms with Gasteiger partial charge in [0.15, 0.2) is 0 Å². The van der Waals surface area contributed by atoms with Crippen molar-refractivity contribution in [1.82, 2.24) is 0 Å². The Kier molecular flexibility index (Phi) is 1.39. The Bertz CT molecular complexity index is 270. The molecule has 2 aliphatic rings. The molecule has 64 valence electrons. The molecule has 0 aliphatic heterocycles. The van der Waals surface area contributed by atoms with Gasteiger partial charge in [-0.3, -0.25) is 4.79 Å². The van der Waals surface area contributed by atoms with Gasteiger partial charge in [-0.2, -0.15) is 5.26 Å². The predicted molar refractivity (Wildman–Crippen MR) is 37.8 cm³/mol. The fourth-order valence-electron chi connectivity index (χ4n) is 2.42. The highest BCUT2D eigenvalue weighted by Crippen LogP contribution is 2.60. The molecule has 0 aromatic heterocycles. The topological polar surface area (TPSA) is 81.3 Å². The second-order valence-corrected chi connectivity index (χ2v) is 3.56. The fraction of sp³-hybridized carbons (Fsp3) is 0.750. The summed E-state index contributed by atoms with van der Waals surface area (Å²) >= 11 is 0. The number of nitrogens with zero attached hydrogens (tertiary/aromatic N) is 1. The summed E-state index contributed by atoms with van der Waals surface area (Å²) in [7, 11) is 0. The maximum Gasteiger partial charge on any atom is 0.307 e. The molecule has 5 atom stereocenters. The van der Waals surface area contributed by atoms with Gasteiger partial charge in [-0.1, -0.05) is 0 Å². The van der Waals surface area contributed by atoms with Crippen molar-refractivity contribution >= 4 is 5.97 Å². The summed E-state index contributed by atoms with van der Waals surface area (Å²) in [5.41, 5.74) is 0. The van der Waals surface area contributed by atoms with E-state index in [2.05, 4.69) is 0 Å². The minimum atomic E-state index is -0.871. The first-order valence-electron chi connectivity index (χ1n) is 3.97. The summed E-state index contributed by atoms with van der Waals surface area (Å²) in [5.74, 6) is -1.80. The Morgan fingerprint density at radius 1 is 1.50 bits per heavy atom. The van der Waals surface area contributed by atoms with Crippen molar-refractivity contribution in [2.24, 2.45) is 23.7 Å². The van der Waals surface area contributed by atoms with E-state index in [0.29, 0.717) is 6.42 Å². The molecule has 0 radical (unpaired) electrons. The van der Waals surface area contributed by atoms with E-state index in [0.717, 1.165) is 0 Å². The average molecular weight is 167 g/mol. The molecule has 0 saturated heterocycles. The minimum Gasteiger partial charge on any atom is -0.481 e. The minimum absolute atomic E-state index is 0.0810. The molecule has 0 aromatic rings. The lowest BCUT2D eigenvalue weighted by Crippen LogP contribution is -2.16. The lowest BCUT2D eigenvalue weighted by Gasteiger charge is -2.07. The van der Waals surface area contributed by atoms with Crippen molar-refractivity contribution in [3.8, 4) is 6.07 Å². The van der Waals surface area contributed by atoms with Crippen LogP contribution in [0.3, 0.4) is 0 Å². The summed E-state index contributed by atoms with van der Waals surface area (Å²) in [6.07, 6.45) is -0.115. The number of carboxylic acids is 1. The summed E-state index contributed by atoms with van der Waals surface area (Å²) in [5, 5.41) is 26.6. The molecule has 0 aromatic carbocycles. The van der Waals surface area contributed by atoms with Gasteiger partial charge < -0.3 is 10.2 Å². The van der Waals surface area contributed by atoms with Crippen molar-refractivity contribution in [2.75, 3.05) is 0 Å². The first kappa shape index (κ1) is 7.56. The Hall–Kier alpha value is -1.08. The number of hydrogen-bond donors (Lipinski definition) is 2. The second kappa shape index (κ2) is 2.20. The van der Waals surface area contributed by atoms with Crippen LogP contribution in [0.5, 0.6) is 0 Å². The normalized spacial score (nSPS) is 49.5. The number of carbonyl (C=O) groups is 1. The number of aliphatic carboxylic acids is 1. The van der Waals surface area contributed by atoms with Crippen LogP contribution in [0.15, 0.2) is 0 Å². The van der Waals surface area contributed by atoms with Gasteiger partial charge in [0, 0.05) is 5.92 Å². The summed E-state index contributed by atoms with van der Waals surface area (Å²) in [4.78, 5) is 10.6. The zero-order valence-electron chi connectivity index (χ0n) is 6.34. The molecule has 0 heterocycles. The summed E-state index contributed by atoms with van der Waals surface area (Å²) < 4.78 is 0.